The minimum atomic E-state index is -4.20. The van der Waals surface area contributed by atoms with Crippen LogP contribution in [0.4, 0.5) is 5.69 Å². The van der Waals surface area contributed by atoms with E-state index in [0.717, 1.165) is 10.9 Å². The summed E-state index contributed by atoms with van der Waals surface area (Å²) in [6, 6.07) is 13.9. The third-order valence-electron chi connectivity index (χ3n) is 5.86. The smallest absolute Gasteiger partial charge is 0.322 e. The number of nitrogens with zero attached hydrogens (tertiary/aromatic N) is 1. The van der Waals surface area contributed by atoms with E-state index in [1.165, 1.54) is 11.0 Å². The topological polar surface area (TPSA) is 120 Å². The summed E-state index contributed by atoms with van der Waals surface area (Å²) in [5, 5.41) is 11.5. The van der Waals surface area contributed by atoms with Gasteiger partial charge in [-0.1, -0.05) is 30.3 Å². The van der Waals surface area contributed by atoms with Gasteiger partial charge in [0.15, 0.2) is 0 Å². The van der Waals surface area contributed by atoms with Gasteiger partial charge in [0, 0.05) is 46.9 Å². The molecule has 1 atom stereocenters. The summed E-state index contributed by atoms with van der Waals surface area (Å²) in [5.41, 5.74) is 2.58. The number of anilines is 1. The summed E-state index contributed by atoms with van der Waals surface area (Å²) < 4.78 is 28.9. The Bertz CT molecular complexity index is 1520. The lowest BCUT2D eigenvalue weighted by Crippen LogP contribution is -2.42. The van der Waals surface area contributed by atoms with Crippen LogP contribution in [0.3, 0.4) is 0 Å². The minimum absolute atomic E-state index is 0.0267. The van der Waals surface area contributed by atoms with Gasteiger partial charge in [-0.15, -0.1) is 0 Å². The fourth-order valence-electron chi connectivity index (χ4n) is 4.29. The van der Waals surface area contributed by atoms with E-state index in [9.17, 15) is 23.1 Å². The molecule has 1 aliphatic heterocycles. The second kappa shape index (κ2) is 7.18. The molecule has 0 fully saturated rings. The molecule has 3 N–H and O–H groups in total. The van der Waals surface area contributed by atoms with E-state index < -0.39 is 22.0 Å². The highest BCUT2D eigenvalue weighted by atomic mass is 32.2. The molecule has 1 amide bonds. The highest BCUT2D eigenvalue weighted by molar-refractivity contribution is 7.89. The van der Waals surface area contributed by atoms with Gasteiger partial charge in [0.2, 0.25) is 10.0 Å². The molecule has 2 heterocycles. The second-order valence-corrected chi connectivity index (χ2v) is 9.43. The number of sulfonamides is 1. The van der Waals surface area contributed by atoms with E-state index in [0.29, 0.717) is 27.6 Å². The number of hydrogen-bond donors (Lipinski definition) is 3. The summed E-state index contributed by atoms with van der Waals surface area (Å²) in [6.45, 7) is 0. The van der Waals surface area contributed by atoms with Crippen molar-refractivity contribution in [1.29, 1.82) is 0 Å². The van der Waals surface area contributed by atoms with E-state index in [1.54, 1.807) is 37.5 Å². The number of amides is 1. The highest BCUT2D eigenvalue weighted by Crippen LogP contribution is 2.39. The third kappa shape index (κ3) is 3.05. The molecule has 32 heavy (non-hydrogen) atoms. The van der Waals surface area contributed by atoms with Crippen LogP contribution in [0.2, 0.25) is 0 Å². The largest absolute Gasteiger partial charge is 0.480 e. The summed E-state index contributed by atoms with van der Waals surface area (Å²) in [7, 11) is -2.57. The Kier molecular flexibility index (Phi) is 4.54. The zero-order valence-electron chi connectivity index (χ0n) is 17.0. The fourth-order valence-corrected chi connectivity index (χ4v) is 5.69. The molecule has 3 aromatic carbocycles. The Morgan fingerprint density at radius 1 is 1.09 bits per heavy atom. The Balaban J connectivity index is 1.54. The Hall–Kier alpha value is -3.69. The lowest BCUT2D eigenvalue weighted by Gasteiger charge is -2.16. The van der Waals surface area contributed by atoms with Crippen molar-refractivity contribution in [3.63, 3.8) is 0 Å². The molecule has 0 unspecified atom stereocenters. The normalized spacial score (nSPS) is 14.4. The molecule has 162 valence electrons. The van der Waals surface area contributed by atoms with Gasteiger partial charge in [0.05, 0.1) is 10.6 Å². The molecule has 0 radical (unpaired) electrons. The number of H-pyrrole nitrogens is 1. The first-order valence-electron chi connectivity index (χ1n) is 9.92. The van der Waals surface area contributed by atoms with Crippen molar-refractivity contribution in [2.24, 2.45) is 0 Å². The van der Waals surface area contributed by atoms with Crippen LogP contribution in [0.5, 0.6) is 0 Å². The predicted octanol–water partition coefficient (Wildman–Crippen LogP) is 2.89. The number of carboxylic acids is 1. The number of aromatic nitrogens is 1. The summed E-state index contributed by atoms with van der Waals surface area (Å²) in [5.74, 6) is -1.49. The average Bonchev–Trinajstić information content (AvgIpc) is 3.29. The minimum Gasteiger partial charge on any atom is -0.480 e. The van der Waals surface area contributed by atoms with Crippen molar-refractivity contribution in [1.82, 2.24) is 9.71 Å². The molecule has 0 aliphatic carbocycles. The number of benzene rings is 3. The molecule has 1 aromatic heterocycles. The number of para-hydroxylation sites is 1. The Labute approximate surface area is 183 Å². The summed E-state index contributed by atoms with van der Waals surface area (Å²) in [4.78, 5) is 28.9. The standard InChI is InChI=1S/C23H19N3O5S/c1-26-19-9-10-20(15-6-4-7-16(21(15)19)22(26)27)32(30,31)25-18(23(28)29)11-13-12-24-17-8-3-2-5-14(13)17/h2-10,12,18,24-25H,11H2,1H3,(H,28,29)/t18-/m0/s1. The van der Waals surface area contributed by atoms with Crippen LogP contribution < -0.4 is 9.62 Å². The summed E-state index contributed by atoms with van der Waals surface area (Å²) >= 11 is 0. The number of fused-ring (bicyclic) bond motifs is 1. The predicted molar refractivity (Wildman–Crippen MR) is 120 cm³/mol. The first-order chi connectivity index (χ1) is 15.3. The Morgan fingerprint density at radius 3 is 2.62 bits per heavy atom. The number of hydrogen-bond acceptors (Lipinski definition) is 4. The highest BCUT2D eigenvalue weighted by Gasteiger charge is 2.32. The lowest BCUT2D eigenvalue weighted by atomic mass is 10.1. The van der Waals surface area contributed by atoms with E-state index in [4.69, 9.17) is 0 Å². The maximum absolute atomic E-state index is 13.3. The van der Waals surface area contributed by atoms with Crippen LogP contribution in [0.25, 0.3) is 21.7 Å². The van der Waals surface area contributed by atoms with Crippen LogP contribution in [-0.4, -0.2) is 43.5 Å². The SMILES string of the molecule is CN1C(=O)c2cccc3c(S(=O)(=O)N[C@@H](Cc4c[nH]c5ccccc45)C(=O)O)ccc1c23. The van der Waals surface area contributed by atoms with Crippen molar-refractivity contribution in [2.45, 2.75) is 17.4 Å². The zero-order valence-corrected chi connectivity index (χ0v) is 17.8. The van der Waals surface area contributed by atoms with Crippen molar-refractivity contribution in [2.75, 3.05) is 11.9 Å². The second-order valence-electron chi connectivity index (χ2n) is 7.75. The van der Waals surface area contributed by atoms with Crippen LogP contribution in [0.1, 0.15) is 15.9 Å². The van der Waals surface area contributed by atoms with Gasteiger partial charge >= 0.3 is 5.97 Å². The van der Waals surface area contributed by atoms with Crippen molar-refractivity contribution in [3.8, 4) is 0 Å². The van der Waals surface area contributed by atoms with Gasteiger partial charge in [0.25, 0.3) is 5.91 Å². The van der Waals surface area contributed by atoms with E-state index in [1.807, 2.05) is 24.3 Å². The molecule has 1 aliphatic rings. The van der Waals surface area contributed by atoms with Crippen LogP contribution in [0, 0.1) is 0 Å². The van der Waals surface area contributed by atoms with Crippen LogP contribution in [-0.2, 0) is 21.2 Å². The molecule has 4 aromatic rings. The first-order valence-corrected chi connectivity index (χ1v) is 11.4. The van der Waals surface area contributed by atoms with Crippen molar-refractivity contribution >= 4 is 49.3 Å². The van der Waals surface area contributed by atoms with Gasteiger partial charge < -0.3 is 15.0 Å². The third-order valence-corrected chi connectivity index (χ3v) is 7.39. The maximum Gasteiger partial charge on any atom is 0.322 e. The number of carbonyl (C=O) groups is 2. The Morgan fingerprint density at radius 2 is 1.84 bits per heavy atom. The van der Waals surface area contributed by atoms with Crippen molar-refractivity contribution in [3.05, 3.63) is 71.9 Å². The number of carboxylic acid groups (broad SMARTS) is 1. The lowest BCUT2D eigenvalue weighted by molar-refractivity contribution is -0.138. The number of carbonyl (C=O) groups excluding carboxylic acids is 1. The van der Waals surface area contributed by atoms with Gasteiger partial charge in [-0.05, 0) is 29.8 Å². The van der Waals surface area contributed by atoms with Crippen LogP contribution in [0.15, 0.2) is 65.7 Å². The molecular formula is C23H19N3O5S. The van der Waals surface area contributed by atoms with E-state index in [-0.39, 0.29) is 17.2 Å². The number of nitrogens with one attached hydrogen (secondary N) is 2. The van der Waals surface area contributed by atoms with Gasteiger partial charge in [0.1, 0.15) is 6.04 Å². The molecule has 9 heteroatoms. The van der Waals surface area contributed by atoms with Gasteiger partial charge in [-0.25, -0.2) is 8.42 Å². The number of rotatable bonds is 6. The molecule has 0 saturated heterocycles. The molecule has 0 saturated carbocycles. The quantitative estimate of drug-likeness (QED) is 0.418. The van der Waals surface area contributed by atoms with E-state index >= 15 is 0 Å². The first kappa shape index (κ1) is 20.2. The van der Waals surface area contributed by atoms with Crippen molar-refractivity contribution < 1.29 is 23.1 Å². The average molecular weight is 449 g/mol. The molecular weight excluding hydrogens is 430 g/mol. The molecule has 0 spiro atoms. The zero-order chi connectivity index (χ0) is 22.6. The van der Waals surface area contributed by atoms with E-state index in [2.05, 4.69) is 9.71 Å². The monoisotopic (exact) mass is 449 g/mol. The van der Waals surface area contributed by atoms with Gasteiger partial charge in [-0.2, -0.15) is 4.72 Å². The molecule has 8 nitrogen and oxygen atoms in total. The number of aliphatic carboxylic acids is 1. The fraction of sp³-hybridized carbons (Fsp3) is 0.130. The molecule has 5 rings (SSSR count). The number of aromatic amines is 1. The van der Waals surface area contributed by atoms with Crippen LogP contribution >= 0.6 is 0 Å². The summed E-state index contributed by atoms with van der Waals surface area (Å²) in [6.07, 6.45) is 1.66. The molecule has 0 bridgehead atoms. The maximum atomic E-state index is 13.3. The van der Waals surface area contributed by atoms with Gasteiger partial charge in [-0.3, -0.25) is 9.59 Å².